The summed E-state index contributed by atoms with van der Waals surface area (Å²) < 4.78 is 16.0. The van der Waals surface area contributed by atoms with Gasteiger partial charge < -0.3 is 25.7 Å². The number of carbonyl (C=O) groups is 1. The number of alkyl halides is 1. The van der Waals surface area contributed by atoms with Crippen LogP contribution >= 0.6 is 11.6 Å². The van der Waals surface area contributed by atoms with Crippen LogP contribution in [-0.2, 0) is 5.60 Å². The number of nitrogens with one attached hydrogen (secondary N) is 2. The molecule has 1 aliphatic rings. The van der Waals surface area contributed by atoms with Crippen molar-refractivity contribution in [3.63, 3.8) is 0 Å². The zero-order valence-corrected chi connectivity index (χ0v) is 18.1. The van der Waals surface area contributed by atoms with Gasteiger partial charge in [-0.2, -0.15) is 4.98 Å². The summed E-state index contributed by atoms with van der Waals surface area (Å²) in [6.45, 7) is 3.20. The highest BCUT2D eigenvalue weighted by Gasteiger charge is 2.32. The Bertz CT molecular complexity index is 1150. The van der Waals surface area contributed by atoms with E-state index in [0.717, 1.165) is 4.90 Å². The van der Waals surface area contributed by atoms with Crippen LogP contribution in [0.4, 0.5) is 26.6 Å². The van der Waals surface area contributed by atoms with Crippen molar-refractivity contribution in [3.8, 4) is 0 Å². The number of aliphatic hydroxyl groups is 1. The number of piperidine rings is 1. The summed E-state index contributed by atoms with van der Waals surface area (Å²) in [5.74, 6) is 0.758. The quantitative estimate of drug-likeness (QED) is 0.448. The van der Waals surface area contributed by atoms with E-state index in [1.54, 1.807) is 36.7 Å². The fraction of sp³-hybridized carbons (Fsp3) is 0.421. The molecule has 0 saturated carbocycles. The highest BCUT2D eigenvalue weighted by Crippen LogP contribution is 2.26. The summed E-state index contributed by atoms with van der Waals surface area (Å²) in [6.07, 6.45) is 0.809. The number of carboxylic acid groups (broad SMARTS) is 1. The maximum absolute atomic E-state index is 14.5. The molecule has 0 radical (unpaired) electrons. The van der Waals surface area contributed by atoms with Crippen molar-refractivity contribution in [1.82, 2.24) is 29.5 Å². The highest BCUT2D eigenvalue weighted by molar-refractivity contribution is 6.32. The number of likely N-dealkylation sites (tertiary alicyclic amines) is 1. The van der Waals surface area contributed by atoms with Crippen LogP contribution in [0, 0.1) is 0 Å². The lowest BCUT2D eigenvalue weighted by Gasteiger charge is -2.33. The predicted octanol–water partition coefficient (Wildman–Crippen LogP) is 2.65. The second-order valence-corrected chi connectivity index (χ2v) is 8.42. The van der Waals surface area contributed by atoms with Gasteiger partial charge in [0.2, 0.25) is 5.95 Å². The molecule has 13 heteroatoms. The molecule has 0 aromatic carbocycles. The van der Waals surface area contributed by atoms with Gasteiger partial charge in [0.05, 0.1) is 18.8 Å². The van der Waals surface area contributed by atoms with E-state index in [2.05, 4.69) is 30.7 Å². The van der Waals surface area contributed by atoms with Gasteiger partial charge in [0, 0.05) is 24.5 Å². The maximum atomic E-state index is 14.5. The first-order valence-electron chi connectivity index (χ1n) is 9.87. The molecule has 1 aliphatic heterocycles. The van der Waals surface area contributed by atoms with E-state index in [1.165, 1.54) is 6.20 Å². The summed E-state index contributed by atoms with van der Waals surface area (Å²) in [5.41, 5.74) is -0.0301. The van der Waals surface area contributed by atoms with Crippen molar-refractivity contribution >= 4 is 40.8 Å². The summed E-state index contributed by atoms with van der Waals surface area (Å²) in [5, 5.41) is 29.6. The molecule has 0 spiro atoms. The lowest BCUT2D eigenvalue weighted by Crippen LogP contribution is -2.49. The second kappa shape index (κ2) is 8.36. The minimum atomic E-state index is -1.40. The Morgan fingerprint density at radius 2 is 2.16 bits per heavy atom. The SMILES string of the molecule is CC(C)(O)c1nc2cc(Nc3ncc(Cl)c(NC4CCN(C(=O)O)CC4F)n3)ccn2n1. The van der Waals surface area contributed by atoms with Gasteiger partial charge in [0.15, 0.2) is 17.3 Å². The Morgan fingerprint density at radius 3 is 2.84 bits per heavy atom. The van der Waals surface area contributed by atoms with Crippen molar-refractivity contribution in [2.45, 2.75) is 38.1 Å². The zero-order valence-electron chi connectivity index (χ0n) is 17.3. The third kappa shape index (κ3) is 4.65. The molecule has 3 aromatic heterocycles. The minimum Gasteiger partial charge on any atom is -0.465 e. The zero-order chi connectivity index (χ0) is 23.0. The fourth-order valence-electron chi connectivity index (χ4n) is 3.29. The van der Waals surface area contributed by atoms with Crippen molar-refractivity contribution in [2.24, 2.45) is 0 Å². The van der Waals surface area contributed by atoms with Gasteiger partial charge in [-0.1, -0.05) is 11.6 Å². The smallest absolute Gasteiger partial charge is 0.407 e. The average molecular weight is 465 g/mol. The molecule has 0 aliphatic carbocycles. The number of pyridine rings is 1. The molecule has 2 unspecified atom stereocenters. The molecule has 4 heterocycles. The van der Waals surface area contributed by atoms with Crippen molar-refractivity contribution < 1.29 is 19.4 Å². The van der Waals surface area contributed by atoms with Crippen molar-refractivity contribution in [3.05, 3.63) is 35.4 Å². The molecule has 2 atom stereocenters. The summed E-state index contributed by atoms with van der Waals surface area (Å²) in [6, 6.07) is 2.82. The lowest BCUT2D eigenvalue weighted by molar-refractivity contribution is 0.0690. The summed E-state index contributed by atoms with van der Waals surface area (Å²) in [4.78, 5) is 24.9. The molecule has 3 aromatic rings. The Kier molecular flexibility index (Phi) is 5.73. The molecule has 4 rings (SSSR count). The number of fused-ring (bicyclic) bond motifs is 1. The summed E-state index contributed by atoms with van der Waals surface area (Å²) >= 11 is 6.18. The number of aromatic nitrogens is 5. The van der Waals surface area contributed by atoms with Crippen molar-refractivity contribution in [1.29, 1.82) is 0 Å². The highest BCUT2D eigenvalue weighted by atomic mass is 35.5. The third-order valence-electron chi connectivity index (χ3n) is 5.02. The van der Waals surface area contributed by atoms with E-state index >= 15 is 0 Å². The van der Waals surface area contributed by atoms with Crippen LogP contribution in [-0.4, -0.2) is 71.1 Å². The Labute approximate surface area is 187 Å². The van der Waals surface area contributed by atoms with Crippen LogP contribution in [0.2, 0.25) is 5.02 Å². The number of hydrogen-bond acceptors (Lipinski definition) is 8. The Morgan fingerprint density at radius 1 is 1.38 bits per heavy atom. The molecular weight excluding hydrogens is 443 g/mol. The van der Waals surface area contributed by atoms with Crippen LogP contribution in [0.1, 0.15) is 26.1 Å². The van der Waals surface area contributed by atoms with Crippen molar-refractivity contribution in [2.75, 3.05) is 23.7 Å². The maximum Gasteiger partial charge on any atom is 0.407 e. The summed E-state index contributed by atoms with van der Waals surface area (Å²) in [7, 11) is 0. The number of anilines is 3. The first-order valence-corrected chi connectivity index (χ1v) is 10.3. The first-order chi connectivity index (χ1) is 15.1. The van der Waals surface area contributed by atoms with E-state index in [1.807, 2.05) is 0 Å². The lowest BCUT2D eigenvalue weighted by atomic mass is 10.0. The molecule has 32 heavy (non-hydrogen) atoms. The fourth-order valence-corrected chi connectivity index (χ4v) is 3.44. The van der Waals surface area contributed by atoms with Gasteiger partial charge in [-0.05, 0) is 26.3 Å². The number of nitrogens with zero attached hydrogens (tertiary/aromatic N) is 6. The molecule has 1 saturated heterocycles. The molecule has 170 valence electrons. The standard InChI is InChI=1S/C19H22ClFN8O3/c1-19(2,32)16-25-14-7-10(3-6-29(14)27-16)23-17-22-8-11(20)15(26-17)24-13-4-5-28(18(30)31)9-12(13)21/h3,6-8,12-13,32H,4-5,9H2,1-2H3,(H,30,31)(H2,22,23,24,26). The molecule has 1 amide bonds. The molecule has 1 fully saturated rings. The van der Waals surface area contributed by atoms with E-state index in [0.29, 0.717) is 17.2 Å². The van der Waals surface area contributed by atoms with Crippen LogP contribution in [0.25, 0.3) is 5.65 Å². The molecule has 11 nitrogen and oxygen atoms in total. The minimum absolute atomic E-state index is 0.214. The molecule has 4 N–H and O–H groups in total. The topological polar surface area (TPSA) is 141 Å². The van der Waals surface area contributed by atoms with Gasteiger partial charge in [0.1, 0.15) is 16.8 Å². The van der Waals surface area contributed by atoms with Crippen LogP contribution in [0.5, 0.6) is 0 Å². The Balaban J connectivity index is 1.50. The molecule has 0 bridgehead atoms. The van der Waals surface area contributed by atoms with Gasteiger partial charge >= 0.3 is 6.09 Å². The normalized spacial score (nSPS) is 19.2. The van der Waals surface area contributed by atoms with Crippen LogP contribution in [0.15, 0.2) is 24.5 Å². The number of rotatable bonds is 5. The van der Waals surface area contributed by atoms with E-state index in [9.17, 15) is 14.3 Å². The monoisotopic (exact) mass is 464 g/mol. The van der Waals surface area contributed by atoms with Gasteiger partial charge in [-0.25, -0.2) is 23.7 Å². The van der Waals surface area contributed by atoms with Gasteiger partial charge in [0.25, 0.3) is 0 Å². The number of amides is 1. The molecular formula is C19H22ClFN8O3. The largest absolute Gasteiger partial charge is 0.465 e. The Hall–Kier alpha value is -3.25. The number of hydrogen-bond donors (Lipinski definition) is 4. The first kappa shape index (κ1) is 22.0. The van der Waals surface area contributed by atoms with Gasteiger partial charge in [-0.15, -0.1) is 5.10 Å². The number of halogens is 2. The van der Waals surface area contributed by atoms with Crippen LogP contribution in [0.3, 0.4) is 0 Å². The van der Waals surface area contributed by atoms with E-state index < -0.39 is 23.9 Å². The predicted molar refractivity (Wildman–Crippen MR) is 115 cm³/mol. The van der Waals surface area contributed by atoms with Crippen LogP contribution < -0.4 is 10.6 Å². The van der Waals surface area contributed by atoms with Gasteiger partial charge in [-0.3, -0.25) is 0 Å². The second-order valence-electron chi connectivity index (χ2n) is 8.01. The van der Waals surface area contributed by atoms with E-state index in [-0.39, 0.29) is 36.3 Å². The van der Waals surface area contributed by atoms with E-state index in [4.69, 9.17) is 16.7 Å². The third-order valence-corrected chi connectivity index (χ3v) is 5.30. The average Bonchev–Trinajstić information content (AvgIpc) is 3.16.